The van der Waals surface area contributed by atoms with Crippen LogP contribution in [0.5, 0.6) is 0 Å². The minimum Gasteiger partial charge on any atom is -0.336 e. The van der Waals surface area contributed by atoms with Gasteiger partial charge in [0.2, 0.25) is 17.7 Å². The van der Waals surface area contributed by atoms with Crippen molar-refractivity contribution in [2.45, 2.75) is 72.0 Å². The van der Waals surface area contributed by atoms with E-state index in [0.29, 0.717) is 56.8 Å². The summed E-state index contributed by atoms with van der Waals surface area (Å²) in [5, 5.41) is 12.0. The molecule has 1 saturated heterocycles. The standard InChI is InChI=1S/C37H47N7O4/c1-5-37(14-17-43(18-15-37)36(48)40-25(2)3)35(47)44(23-29-10-7-6-9-28(29)22-38-4)24-33(46)41-31-13-12-26-19-27-11-8-16-39-34(27)42-32(45)21-30(26)20-31/h6-13,16,20,25,38H,5,14-15,17-19,21-24H2,1-4H3,(H,40,48)(H,41,46)(H,39,42,45). The minimum absolute atomic E-state index is 0.0268. The predicted molar refractivity (Wildman–Crippen MR) is 186 cm³/mol. The average Bonchev–Trinajstić information content (AvgIpc) is 3.06. The Bertz CT molecular complexity index is 1650. The van der Waals surface area contributed by atoms with Crippen molar-refractivity contribution in [3.63, 3.8) is 0 Å². The number of amides is 5. The van der Waals surface area contributed by atoms with Crippen molar-refractivity contribution in [2.24, 2.45) is 5.41 Å². The summed E-state index contributed by atoms with van der Waals surface area (Å²) in [5.41, 5.74) is 4.65. The van der Waals surface area contributed by atoms with E-state index in [1.54, 1.807) is 16.0 Å². The first-order valence-electron chi connectivity index (χ1n) is 16.8. The molecular weight excluding hydrogens is 606 g/mol. The number of carbonyl (C=O) groups excluding carboxylic acids is 4. The highest BCUT2D eigenvalue weighted by Crippen LogP contribution is 2.37. The van der Waals surface area contributed by atoms with Gasteiger partial charge in [-0.1, -0.05) is 43.3 Å². The number of piperidine rings is 1. The van der Waals surface area contributed by atoms with Crippen LogP contribution in [0.1, 0.15) is 67.9 Å². The fraction of sp³-hybridized carbons (Fsp3) is 0.432. The Labute approximate surface area is 282 Å². The molecule has 1 fully saturated rings. The second-order valence-corrected chi connectivity index (χ2v) is 13.1. The van der Waals surface area contributed by atoms with Gasteiger partial charge in [-0.15, -0.1) is 0 Å². The lowest BCUT2D eigenvalue weighted by atomic mass is 9.74. The smallest absolute Gasteiger partial charge is 0.317 e. The maximum absolute atomic E-state index is 14.5. The van der Waals surface area contributed by atoms with Gasteiger partial charge in [0.1, 0.15) is 12.4 Å². The lowest BCUT2D eigenvalue weighted by Gasteiger charge is -2.43. The first-order valence-corrected chi connectivity index (χ1v) is 16.8. The van der Waals surface area contributed by atoms with Crippen LogP contribution in [0.2, 0.25) is 0 Å². The molecule has 0 atom stereocenters. The van der Waals surface area contributed by atoms with Crippen LogP contribution in [-0.4, -0.2) is 71.3 Å². The molecule has 0 spiro atoms. The fourth-order valence-electron chi connectivity index (χ4n) is 6.67. The highest BCUT2D eigenvalue weighted by Gasteiger charge is 2.43. The summed E-state index contributed by atoms with van der Waals surface area (Å²) in [4.78, 5) is 61.4. The summed E-state index contributed by atoms with van der Waals surface area (Å²) in [6, 6.07) is 17.3. The predicted octanol–water partition coefficient (Wildman–Crippen LogP) is 4.46. The van der Waals surface area contributed by atoms with Crippen molar-refractivity contribution in [1.82, 2.24) is 25.4 Å². The Morgan fingerprint density at radius 3 is 2.44 bits per heavy atom. The minimum atomic E-state index is -0.687. The molecule has 48 heavy (non-hydrogen) atoms. The molecule has 1 aromatic heterocycles. The van der Waals surface area contributed by atoms with Crippen molar-refractivity contribution in [2.75, 3.05) is 37.3 Å². The molecule has 254 valence electrons. The lowest BCUT2D eigenvalue weighted by molar-refractivity contribution is -0.147. The summed E-state index contributed by atoms with van der Waals surface area (Å²) in [6.07, 6.45) is 4.08. The molecule has 2 aromatic carbocycles. The van der Waals surface area contributed by atoms with Crippen molar-refractivity contribution >= 4 is 35.3 Å². The molecule has 2 aliphatic heterocycles. The summed E-state index contributed by atoms with van der Waals surface area (Å²) in [5.74, 6) is -0.000369. The summed E-state index contributed by atoms with van der Waals surface area (Å²) >= 11 is 0. The molecule has 0 saturated carbocycles. The zero-order valence-corrected chi connectivity index (χ0v) is 28.4. The topological polar surface area (TPSA) is 136 Å². The number of anilines is 2. The number of carbonyl (C=O) groups is 4. The van der Waals surface area contributed by atoms with Gasteiger partial charge in [0, 0.05) is 50.5 Å². The number of nitrogens with zero attached hydrogens (tertiary/aromatic N) is 3. The van der Waals surface area contributed by atoms with Crippen molar-refractivity contribution in [3.8, 4) is 0 Å². The first kappa shape index (κ1) is 34.6. The Hall–Kier alpha value is -4.77. The number of pyridine rings is 1. The first-order chi connectivity index (χ1) is 23.1. The second kappa shape index (κ2) is 15.4. The van der Waals surface area contributed by atoms with Gasteiger partial charge >= 0.3 is 6.03 Å². The van der Waals surface area contributed by atoms with Crippen LogP contribution >= 0.6 is 0 Å². The number of likely N-dealkylation sites (tertiary alicyclic amines) is 1. The number of rotatable bonds is 10. The number of hydrogen-bond acceptors (Lipinski definition) is 6. The van der Waals surface area contributed by atoms with Crippen LogP contribution in [0, 0.1) is 5.41 Å². The second-order valence-electron chi connectivity index (χ2n) is 13.1. The van der Waals surface area contributed by atoms with E-state index < -0.39 is 5.41 Å². The van der Waals surface area contributed by atoms with Crippen LogP contribution in [0.15, 0.2) is 60.8 Å². The van der Waals surface area contributed by atoms with E-state index in [0.717, 1.165) is 27.8 Å². The van der Waals surface area contributed by atoms with E-state index in [1.165, 1.54) is 0 Å². The van der Waals surface area contributed by atoms with Crippen LogP contribution < -0.4 is 21.3 Å². The highest BCUT2D eigenvalue weighted by atomic mass is 16.2. The van der Waals surface area contributed by atoms with Crippen LogP contribution in [-0.2, 0) is 40.3 Å². The molecule has 0 aliphatic carbocycles. The molecule has 4 N–H and O–H groups in total. The maximum Gasteiger partial charge on any atom is 0.317 e. The zero-order valence-electron chi connectivity index (χ0n) is 28.4. The number of urea groups is 1. The summed E-state index contributed by atoms with van der Waals surface area (Å²) < 4.78 is 0. The molecular formula is C37H47N7O4. The highest BCUT2D eigenvalue weighted by molar-refractivity contribution is 5.96. The normalized spacial score (nSPS) is 15.4. The largest absolute Gasteiger partial charge is 0.336 e. The molecule has 3 aromatic rings. The zero-order chi connectivity index (χ0) is 34.3. The third-order valence-corrected chi connectivity index (χ3v) is 9.39. The van der Waals surface area contributed by atoms with E-state index in [4.69, 9.17) is 0 Å². The maximum atomic E-state index is 14.5. The van der Waals surface area contributed by atoms with Gasteiger partial charge in [-0.05, 0) is 86.2 Å². The Kier molecular flexibility index (Phi) is 11.1. The van der Waals surface area contributed by atoms with Crippen LogP contribution in [0.3, 0.4) is 0 Å². The Morgan fingerprint density at radius 1 is 0.979 bits per heavy atom. The molecule has 3 heterocycles. The van der Waals surface area contributed by atoms with Gasteiger partial charge in [-0.3, -0.25) is 14.4 Å². The van der Waals surface area contributed by atoms with Gasteiger partial charge in [0.15, 0.2) is 0 Å². The third kappa shape index (κ3) is 8.20. The number of aromatic nitrogens is 1. The SMILES string of the molecule is CCC1(C(=O)N(CC(=O)Nc2ccc3c(c2)CC(=O)Nc2ncccc2C3)Cc2ccccc2CNC)CCN(C(=O)NC(C)C)CC1. The molecule has 0 radical (unpaired) electrons. The lowest BCUT2D eigenvalue weighted by Crippen LogP contribution is -2.54. The van der Waals surface area contributed by atoms with Gasteiger partial charge in [-0.2, -0.15) is 0 Å². The van der Waals surface area contributed by atoms with Gasteiger partial charge in [0.05, 0.1) is 11.8 Å². The third-order valence-electron chi connectivity index (χ3n) is 9.39. The van der Waals surface area contributed by atoms with Crippen molar-refractivity contribution in [3.05, 3.63) is 88.6 Å². The van der Waals surface area contributed by atoms with Crippen molar-refractivity contribution < 1.29 is 19.2 Å². The monoisotopic (exact) mass is 653 g/mol. The molecule has 5 amide bonds. The number of benzene rings is 2. The Morgan fingerprint density at radius 2 is 1.73 bits per heavy atom. The van der Waals surface area contributed by atoms with Gasteiger partial charge < -0.3 is 31.1 Å². The van der Waals surface area contributed by atoms with Gasteiger partial charge in [0.25, 0.3) is 0 Å². The molecule has 5 rings (SSSR count). The molecule has 11 heteroatoms. The fourth-order valence-corrected chi connectivity index (χ4v) is 6.67. The number of nitrogens with one attached hydrogen (secondary N) is 4. The summed E-state index contributed by atoms with van der Waals surface area (Å²) in [6.45, 7) is 7.58. The van der Waals surface area contributed by atoms with Crippen LogP contribution in [0.4, 0.5) is 16.3 Å². The number of fused-ring (bicyclic) bond motifs is 2. The number of hydrogen-bond donors (Lipinski definition) is 4. The molecule has 11 nitrogen and oxygen atoms in total. The Balaban J connectivity index is 1.36. The van der Waals surface area contributed by atoms with E-state index in [-0.39, 0.29) is 49.3 Å². The molecule has 2 aliphatic rings. The average molecular weight is 654 g/mol. The molecule has 0 unspecified atom stereocenters. The summed E-state index contributed by atoms with van der Waals surface area (Å²) in [7, 11) is 1.88. The van der Waals surface area contributed by atoms with E-state index in [2.05, 4.69) is 26.3 Å². The van der Waals surface area contributed by atoms with E-state index >= 15 is 0 Å². The van der Waals surface area contributed by atoms with E-state index in [9.17, 15) is 19.2 Å². The van der Waals surface area contributed by atoms with Crippen molar-refractivity contribution in [1.29, 1.82) is 0 Å². The quantitative estimate of drug-likeness (QED) is 0.255. The van der Waals surface area contributed by atoms with Gasteiger partial charge in [-0.25, -0.2) is 9.78 Å². The van der Waals surface area contributed by atoms with E-state index in [1.807, 2.05) is 82.4 Å². The molecule has 0 bridgehead atoms. The van der Waals surface area contributed by atoms with Crippen LogP contribution in [0.25, 0.3) is 0 Å².